The molecule has 2 N–H and O–H groups in total. The van der Waals surface area contributed by atoms with Gasteiger partial charge in [0.25, 0.3) is 0 Å². The van der Waals surface area contributed by atoms with Crippen molar-refractivity contribution in [2.75, 3.05) is 6.61 Å². The molecule has 3 heteroatoms. The Bertz CT molecular complexity index is 599. The van der Waals surface area contributed by atoms with Gasteiger partial charge in [-0.05, 0) is 42.0 Å². The fourth-order valence-corrected chi connectivity index (χ4v) is 3.14. The summed E-state index contributed by atoms with van der Waals surface area (Å²) in [6.45, 7) is 0.0794. The molecular formula is C18H20FNO. The monoisotopic (exact) mass is 285 g/mol. The van der Waals surface area contributed by atoms with Crippen LogP contribution in [0.25, 0.3) is 0 Å². The van der Waals surface area contributed by atoms with Crippen LogP contribution in [0.4, 0.5) is 4.39 Å². The summed E-state index contributed by atoms with van der Waals surface area (Å²) in [5.74, 6) is -0.111. The number of hydrogen-bond donors (Lipinski definition) is 2. The van der Waals surface area contributed by atoms with E-state index >= 15 is 0 Å². The van der Waals surface area contributed by atoms with E-state index in [0.29, 0.717) is 0 Å². The van der Waals surface area contributed by atoms with Crippen molar-refractivity contribution in [3.8, 4) is 0 Å². The lowest BCUT2D eigenvalue weighted by Gasteiger charge is -2.22. The Morgan fingerprint density at radius 1 is 1.14 bits per heavy atom. The number of aliphatic hydroxyl groups excluding tert-OH is 1. The minimum atomic E-state index is -0.111. The second-order valence-electron chi connectivity index (χ2n) is 5.63. The first-order chi connectivity index (χ1) is 10.3. The van der Waals surface area contributed by atoms with Crippen molar-refractivity contribution in [1.82, 2.24) is 5.32 Å². The standard InChI is InChI=1S/C18H20FNO/c19-17-8-4-7-16-15(17)9-10-18(16)20-14(12-21)11-13-5-2-1-3-6-13/h1-8,14,18,20-21H,9-12H2/t14-,18?/m0/s1. The zero-order valence-corrected chi connectivity index (χ0v) is 11.9. The lowest BCUT2D eigenvalue weighted by atomic mass is 10.0. The number of aliphatic hydroxyl groups is 1. The van der Waals surface area contributed by atoms with Crippen LogP contribution in [0.5, 0.6) is 0 Å². The van der Waals surface area contributed by atoms with Crippen molar-refractivity contribution >= 4 is 0 Å². The van der Waals surface area contributed by atoms with E-state index in [1.54, 1.807) is 6.07 Å². The average Bonchev–Trinajstić information content (AvgIpc) is 2.92. The molecule has 0 saturated carbocycles. The zero-order valence-electron chi connectivity index (χ0n) is 11.9. The fourth-order valence-electron chi connectivity index (χ4n) is 3.14. The van der Waals surface area contributed by atoms with E-state index in [2.05, 4.69) is 17.4 Å². The van der Waals surface area contributed by atoms with Gasteiger partial charge in [-0.3, -0.25) is 0 Å². The molecule has 0 spiro atoms. The molecule has 2 aromatic rings. The van der Waals surface area contributed by atoms with Gasteiger partial charge in [-0.25, -0.2) is 4.39 Å². The minimum absolute atomic E-state index is 0.00776. The lowest BCUT2D eigenvalue weighted by molar-refractivity contribution is 0.230. The third kappa shape index (κ3) is 3.14. The number of rotatable bonds is 5. The predicted octanol–water partition coefficient (Wildman–Crippen LogP) is 3.01. The number of halogens is 1. The Kier molecular flexibility index (Phi) is 4.32. The van der Waals surface area contributed by atoms with E-state index in [0.717, 1.165) is 30.4 Å². The number of hydrogen-bond acceptors (Lipinski definition) is 2. The number of benzene rings is 2. The summed E-state index contributed by atoms with van der Waals surface area (Å²) >= 11 is 0. The molecule has 0 bridgehead atoms. The molecule has 21 heavy (non-hydrogen) atoms. The van der Waals surface area contributed by atoms with Gasteiger partial charge < -0.3 is 10.4 Å². The third-order valence-corrected chi connectivity index (χ3v) is 4.20. The second kappa shape index (κ2) is 6.37. The molecule has 1 unspecified atom stereocenters. The first kappa shape index (κ1) is 14.2. The van der Waals surface area contributed by atoms with E-state index < -0.39 is 0 Å². The van der Waals surface area contributed by atoms with Crippen LogP contribution in [0.2, 0.25) is 0 Å². The molecule has 1 aliphatic rings. The summed E-state index contributed by atoms with van der Waals surface area (Å²) < 4.78 is 13.8. The first-order valence-corrected chi connectivity index (χ1v) is 7.46. The number of fused-ring (bicyclic) bond motifs is 1. The van der Waals surface area contributed by atoms with Crippen molar-refractivity contribution in [1.29, 1.82) is 0 Å². The Morgan fingerprint density at radius 3 is 2.71 bits per heavy atom. The van der Waals surface area contributed by atoms with Gasteiger partial charge in [0.2, 0.25) is 0 Å². The van der Waals surface area contributed by atoms with Crippen LogP contribution in [-0.4, -0.2) is 17.8 Å². The Hall–Kier alpha value is -1.71. The van der Waals surface area contributed by atoms with Gasteiger partial charge in [-0.15, -0.1) is 0 Å². The molecule has 3 rings (SSSR count). The molecule has 2 atom stereocenters. The smallest absolute Gasteiger partial charge is 0.126 e. The van der Waals surface area contributed by atoms with E-state index in [4.69, 9.17) is 0 Å². The summed E-state index contributed by atoms with van der Waals surface area (Å²) in [7, 11) is 0. The minimum Gasteiger partial charge on any atom is -0.395 e. The van der Waals surface area contributed by atoms with Crippen LogP contribution < -0.4 is 5.32 Å². The maximum absolute atomic E-state index is 13.8. The summed E-state index contributed by atoms with van der Waals surface area (Å²) in [5, 5.41) is 13.1. The maximum atomic E-state index is 13.8. The van der Waals surface area contributed by atoms with E-state index in [9.17, 15) is 9.50 Å². The SMILES string of the molecule is OC[C@H](Cc1ccccc1)NC1CCc2c(F)cccc21. The van der Waals surface area contributed by atoms with Crippen molar-refractivity contribution < 1.29 is 9.50 Å². The summed E-state index contributed by atoms with van der Waals surface area (Å²) in [6, 6.07) is 15.5. The lowest BCUT2D eigenvalue weighted by Crippen LogP contribution is -2.36. The topological polar surface area (TPSA) is 32.3 Å². The van der Waals surface area contributed by atoms with Gasteiger partial charge in [0.15, 0.2) is 0 Å². The van der Waals surface area contributed by atoms with Crippen LogP contribution in [0.3, 0.4) is 0 Å². The number of nitrogens with one attached hydrogen (secondary N) is 1. The van der Waals surface area contributed by atoms with Gasteiger partial charge in [0.05, 0.1) is 6.61 Å². The van der Waals surface area contributed by atoms with E-state index in [1.165, 1.54) is 11.6 Å². The molecule has 0 radical (unpaired) electrons. The first-order valence-electron chi connectivity index (χ1n) is 7.46. The van der Waals surface area contributed by atoms with Crippen molar-refractivity contribution in [2.45, 2.75) is 31.3 Å². The highest BCUT2D eigenvalue weighted by Gasteiger charge is 2.26. The highest BCUT2D eigenvalue weighted by Crippen LogP contribution is 2.33. The normalized spacial score (nSPS) is 18.5. The summed E-state index contributed by atoms with van der Waals surface area (Å²) in [5.41, 5.74) is 3.06. The molecule has 110 valence electrons. The van der Waals surface area contributed by atoms with Crippen LogP contribution in [-0.2, 0) is 12.8 Å². The highest BCUT2D eigenvalue weighted by molar-refractivity contribution is 5.35. The van der Waals surface area contributed by atoms with Crippen LogP contribution >= 0.6 is 0 Å². The Labute approximate surface area is 124 Å². The highest BCUT2D eigenvalue weighted by atomic mass is 19.1. The largest absolute Gasteiger partial charge is 0.395 e. The molecule has 0 fully saturated rings. The van der Waals surface area contributed by atoms with Crippen molar-refractivity contribution in [3.63, 3.8) is 0 Å². The molecule has 0 heterocycles. The quantitative estimate of drug-likeness (QED) is 0.885. The molecule has 1 aliphatic carbocycles. The summed E-state index contributed by atoms with van der Waals surface area (Å²) in [6.07, 6.45) is 2.43. The third-order valence-electron chi connectivity index (χ3n) is 4.20. The molecule has 2 aromatic carbocycles. The van der Waals surface area contributed by atoms with Crippen molar-refractivity contribution in [2.24, 2.45) is 0 Å². The zero-order chi connectivity index (χ0) is 14.7. The van der Waals surface area contributed by atoms with Crippen molar-refractivity contribution in [3.05, 3.63) is 71.0 Å². The van der Waals surface area contributed by atoms with Gasteiger partial charge >= 0.3 is 0 Å². The Morgan fingerprint density at radius 2 is 1.95 bits per heavy atom. The fraction of sp³-hybridized carbons (Fsp3) is 0.333. The maximum Gasteiger partial charge on any atom is 0.126 e. The molecule has 2 nitrogen and oxygen atoms in total. The van der Waals surface area contributed by atoms with Gasteiger partial charge in [0.1, 0.15) is 5.82 Å². The predicted molar refractivity (Wildman–Crippen MR) is 81.6 cm³/mol. The Balaban J connectivity index is 1.70. The average molecular weight is 285 g/mol. The van der Waals surface area contributed by atoms with Crippen LogP contribution in [0, 0.1) is 5.82 Å². The van der Waals surface area contributed by atoms with Crippen LogP contribution in [0.15, 0.2) is 48.5 Å². The van der Waals surface area contributed by atoms with Gasteiger partial charge in [-0.2, -0.15) is 0 Å². The molecule has 0 aromatic heterocycles. The second-order valence-corrected chi connectivity index (χ2v) is 5.63. The molecule has 0 aliphatic heterocycles. The van der Waals surface area contributed by atoms with Gasteiger partial charge in [-0.1, -0.05) is 42.5 Å². The van der Waals surface area contributed by atoms with Gasteiger partial charge in [0, 0.05) is 12.1 Å². The van der Waals surface area contributed by atoms with E-state index in [-0.39, 0.29) is 24.5 Å². The van der Waals surface area contributed by atoms with E-state index in [1.807, 2.05) is 24.3 Å². The molecule has 0 amide bonds. The summed E-state index contributed by atoms with van der Waals surface area (Å²) in [4.78, 5) is 0. The molecule has 0 saturated heterocycles. The molecular weight excluding hydrogens is 265 g/mol. The van der Waals surface area contributed by atoms with Crippen LogP contribution in [0.1, 0.15) is 29.2 Å².